The maximum Gasteiger partial charge on any atom is 0.224 e. The highest BCUT2D eigenvalue weighted by Gasteiger charge is 2.10. The number of amides is 1. The Kier molecular flexibility index (Phi) is 10.0. The van der Waals surface area contributed by atoms with Crippen molar-refractivity contribution < 1.29 is 4.79 Å². The van der Waals surface area contributed by atoms with Crippen LogP contribution in [0.1, 0.15) is 41.0 Å². The summed E-state index contributed by atoms with van der Waals surface area (Å²) < 4.78 is 0. The Labute approximate surface area is 77.0 Å². The molecule has 2 nitrogen and oxygen atoms in total. The highest BCUT2D eigenvalue weighted by molar-refractivity contribution is 5.77. The van der Waals surface area contributed by atoms with Crippen LogP contribution in [0.4, 0.5) is 0 Å². The van der Waals surface area contributed by atoms with E-state index in [2.05, 4.69) is 6.92 Å². The molecule has 0 bridgehead atoms. The van der Waals surface area contributed by atoms with E-state index in [1.807, 2.05) is 34.7 Å². The molecule has 0 N–H and O–H groups in total. The van der Waals surface area contributed by atoms with Gasteiger partial charge in [0.25, 0.3) is 0 Å². The molecule has 0 rings (SSSR count). The molecule has 0 unspecified atom stereocenters. The Morgan fingerprint density at radius 3 is 2.00 bits per heavy atom. The lowest BCUT2D eigenvalue weighted by Gasteiger charge is -2.17. The van der Waals surface area contributed by atoms with Crippen LogP contribution < -0.4 is 0 Å². The molecule has 74 valence electrons. The lowest BCUT2D eigenvalue weighted by Crippen LogP contribution is -2.30. The maximum absolute atomic E-state index is 11.2. The number of carbonyl (C=O) groups is 1. The van der Waals surface area contributed by atoms with Crippen molar-refractivity contribution in [1.29, 1.82) is 0 Å². The van der Waals surface area contributed by atoms with Gasteiger partial charge in [0.2, 0.25) is 5.91 Å². The van der Waals surface area contributed by atoms with E-state index in [4.69, 9.17) is 0 Å². The van der Waals surface area contributed by atoms with Crippen LogP contribution >= 0.6 is 0 Å². The minimum atomic E-state index is 0.136. The third kappa shape index (κ3) is 6.20. The average Bonchev–Trinajstić information content (AvgIpc) is 2.07. The van der Waals surface area contributed by atoms with Gasteiger partial charge in [0.05, 0.1) is 0 Å². The van der Waals surface area contributed by atoms with Crippen LogP contribution in [0.3, 0.4) is 0 Å². The summed E-state index contributed by atoms with van der Waals surface area (Å²) in [6, 6.07) is 0. The van der Waals surface area contributed by atoms with Crippen molar-refractivity contribution >= 4 is 5.91 Å². The molecule has 0 aromatic heterocycles. The number of rotatable bonds is 3. The van der Waals surface area contributed by atoms with Gasteiger partial charge >= 0.3 is 0 Å². The number of nitrogens with zero attached hydrogens (tertiary/aromatic N) is 1. The van der Waals surface area contributed by atoms with Gasteiger partial charge < -0.3 is 4.90 Å². The molecule has 0 saturated carbocycles. The summed E-state index contributed by atoms with van der Waals surface area (Å²) in [5.74, 6) is 0.374. The molecule has 12 heavy (non-hydrogen) atoms. The highest BCUT2D eigenvalue weighted by Crippen LogP contribution is 1.98. The molecule has 0 fully saturated rings. The van der Waals surface area contributed by atoms with Gasteiger partial charge in [-0.25, -0.2) is 0 Å². The fraction of sp³-hybridized carbons (Fsp3) is 0.900. The van der Waals surface area contributed by atoms with Gasteiger partial charge in [-0.2, -0.15) is 0 Å². The van der Waals surface area contributed by atoms with E-state index < -0.39 is 0 Å². The first kappa shape index (κ1) is 14.0. The zero-order valence-corrected chi connectivity index (χ0v) is 9.35. The molecule has 0 aliphatic carbocycles. The molecule has 0 aromatic rings. The largest absolute Gasteiger partial charge is 0.346 e. The van der Waals surface area contributed by atoms with Gasteiger partial charge in [0, 0.05) is 19.5 Å². The van der Waals surface area contributed by atoms with Crippen LogP contribution in [0.25, 0.3) is 0 Å². The number of hydrogen-bond acceptors (Lipinski definition) is 1. The predicted octanol–water partition coefficient (Wildman–Crippen LogP) is 2.54. The first-order chi connectivity index (χ1) is 5.59. The monoisotopic (exact) mass is 173 g/mol. The van der Waals surface area contributed by atoms with E-state index in [0.29, 0.717) is 0 Å². The smallest absolute Gasteiger partial charge is 0.224 e. The van der Waals surface area contributed by atoms with Crippen molar-refractivity contribution in [3.8, 4) is 0 Å². The Morgan fingerprint density at radius 1 is 1.33 bits per heavy atom. The fourth-order valence-corrected chi connectivity index (χ4v) is 0.886. The zero-order chi connectivity index (χ0) is 10.1. The van der Waals surface area contributed by atoms with Crippen molar-refractivity contribution in [2.24, 2.45) is 5.92 Å². The molecule has 0 radical (unpaired) electrons. The van der Waals surface area contributed by atoms with Gasteiger partial charge in [-0.3, -0.25) is 4.79 Å². The maximum atomic E-state index is 11.2. The topological polar surface area (TPSA) is 20.3 Å². The number of hydrogen-bond donors (Lipinski definition) is 0. The third-order valence-electron chi connectivity index (χ3n) is 1.43. The minimum Gasteiger partial charge on any atom is -0.346 e. The molecule has 2 heteroatoms. The molecule has 0 spiro atoms. The second-order valence-corrected chi connectivity index (χ2v) is 2.91. The summed E-state index contributed by atoms with van der Waals surface area (Å²) in [6.07, 6.45) is 1.04. The summed E-state index contributed by atoms with van der Waals surface area (Å²) >= 11 is 0. The van der Waals surface area contributed by atoms with Crippen molar-refractivity contribution in [1.82, 2.24) is 4.90 Å². The Bertz CT molecular complexity index is 110. The van der Waals surface area contributed by atoms with Crippen LogP contribution in [0.5, 0.6) is 0 Å². The summed E-state index contributed by atoms with van der Waals surface area (Å²) in [6.45, 7) is 10.8. The van der Waals surface area contributed by atoms with E-state index in [9.17, 15) is 4.79 Å². The first-order valence-corrected chi connectivity index (χ1v) is 4.84. The van der Waals surface area contributed by atoms with E-state index in [0.717, 1.165) is 13.0 Å². The normalized spacial score (nSPS) is 8.92. The van der Waals surface area contributed by atoms with Crippen LogP contribution in [0.15, 0.2) is 0 Å². The molecule has 0 aliphatic heterocycles. The Balaban J connectivity index is 0. The van der Waals surface area contributed by atoms with E-state index in [-0.39, 0.29) is 11.8 Å². The molecular formula is C10H23NO. The van der Waals surface area contributed by atoms with Gasteiger partial charge in [-0.05, 0) is 6.42 Å². The predicted molar refractivity (Wildman–Crippen MR) is 54.1 cm³/mol. The fourth-order valence-electron chi connectivity index (χ4n) is 0.886. The lowest BCUT2D eigenvalue weighted by molar-refractivity contribution is -0.133. The summed E-state index contributed by atoms with van der Waals surface area (Å²) in [5.41, 5.74) is 0. The molecule has 0 aliphatic rings. The molecule has 1 amide bonds. The summed E-state index contributed by atoms with van der Waals surface area (Å²) in [5, 5.41) is 0. The quantitative estimate of drug-likeness (QED) is 0.642. The third-order valence-corrected chi connectivity index (χ3v) is 1.43. The Hall–Kier alpha value is -0.530. The summed E-state index contributed by atoms with van der Waals surface area (Å²) in [4.78, 5) is 12.9. The highest BCUT2D eigenvalue weighted by atomic mass is 16.2. The van der Waals surface area contributed by atoms with Crippen molar-refractivity contribution in [2.45, 2.75) is 41.0 Å². The second kappa shape index (κ2) is 8.57. The van der Waals surface area contributed by atoms with Crippen LogP contribution in [0.2, 0.25) is 0 Å². The van der Waals surface area contributed by atoms with Crippen molar-refractivity contribution in [2.75, 3.05) is 13.6 Å². The average molecular weight is 173 g/mol. The van der Waals surface area contributed by atoms with E-state index in [1.54, 1.807) is 4.90 Å². The van der Waals surface area contributed by atoms with E-state index in [1.165, 1.54) is 0 Å². The summed E-state index contributed by atoms with van der Waals surface area (Å²) in [7, 11) is 1.85. The number of carbonyl (C=O) groups excluding carboxylic acids is 1. The van der Waals surface area contributed by atoms with Crippen molar-refractivity contribution in [3.63, 3.8) is 0 Å². The minimum absolute atomic E-state index is 0.136. The van der Waals surface area contributed by atoms with Crippen LogP contribution in [-0.4, -0.2) is 24.4 Å². The van der Waals surface area contributed by atoms with Gasteiger partial charge in [-0.15, -0.1) is 0 Å². The van der Waals surface area contributed by atoms with Crippen LogP contribution in [-0.2, 0) is 4.79 Å². The lowest BCUT2D eigenvalue weighted by atomic mass is 10.2. The molecule has 0 atom stereocenters. The van der Waals surface area contributed by atoms with Gasteiger partial charge in [-0.1, -0.05) is 34.6 Å². The van der Waals surface area contributed by atoms with Crippen LogP contribution in [0, 0.1) is 5.92 Å². The second-order valence-electron chi connectivity index (χ2n) is 2.91. The Morgan fingerprint density at radius 2 is 1.75 bits per heavy atom. The molecule has 0 heterocycles. The first-order valence-electron chi connectivity index (χ1n) is 4.84. The van der Waals surface area contributed by atoms with E-state index >= 15 is 0 Å². The standard InChI is InChI=1S/C8H17NO.C2H6/c1-5-6-9(4)8(10)7(2)3;1-2/h7H,5-6H2,1-4H3;1-2H3. The van der Waals surface area contributed by atoms with Crippen molar-refractivity contribution in [3.05, 3.63) is 0 Å². The molecular weight excluding hydrogens is 150 g/mol. The molecule has 0 aromatic carbocycles. The van der Waals surface area contributed by atoms with Gasteiger partial charge in [0.1, 0.15) is 0 Å². The molecule has 0 saturated heterocycles. The zero-order valence-electron chi connectivity index (χ0n) is 9.35. The van der Waals surface area contributed by atoms with Gasteiger partial charge in [0.15, 0.2) is 0 Å². The SMILES string of the molecule is CC.CCCN(C)C(=O)C(C)C.